The number of anilines is 3. The number of nitrogens with zero attached hydrogens (tertiary/aromatic N) is 1. The Bertz CT molecular complexity index is 3850. The van der Waals surface area contributed by atoms with Gasteiger partial charge in [-0.25, -0.2) is 0 Å². The van der Waals surface area contributed by atoms with Crippen LogP contribution in [0.5, 0.6) is 0 Å². The van der Waals surface area contributed by atoms with E-state index in [1.807, 2.05) is 0 Å². The molecule has 3 aliphatic rings. The predicted octanol–water partition coefficient (Wildman–Crippen LogP) is 18.2. The summed E-state index contributed by atoms with van der Waals surface area (Å²) in [7, 11) is 0. The first-order valence-electron chi connectivity index (χ1n) is 26.6. The van der Waals surface area contributed by atoms with Gasteiger partial charge in [0.15, 0.2) is 0 Å². The highest BCUT2D eigenvalue weighted by molar-refractivity contribution is 5.99. The van der Waals surface area contributed by atoms with E-state index in [9.17, 15) is 0 Å². The zero-order valence-corrected chi connectivity index (χ0v) is 41.9. The minimum absolute atomic E-state index is 0.583. The third kappa shape index (κ3) is 6.03. The zero-order valence-electron chi connectivity index (χ0n) is 41.9. The molecule has 0 bridgehead atoms. The van der Waals surface area contributed by atoms with Crippen LogP contribution in [0, 0.1) is 0 Å². The number of hydrogen-bond acceptors (Lipinski definition) is 1. The highest BCUT2D eigenvalue weighted by Crippen LogP contribution is 2.63. The molecule has 0 saturated heterocycles. The molecule has 0 unspecified atom stereocenters. The second kappa shape index (κ2) is 17.3. The average molecular weight is 966 g/mol. The van der Waals surface area contributed by atoms with Gasteiger partial charge >= 0.3 is 0 Å². The van der Waals surface area contributed by atoms with E-state index in [1.165, 1.54) is 100 Å². The highest BCUT2D eigenvalue weighted by Gasteiger charge is 2.50. The van der Waals surface area contributed by atoms with Crippen molar-refractivity contribution in [1.29, 1.82) is 0 Å². The van der Waals surface area contributed by atoms with Crippen LogP contribution in [0.4, 0.5) is 17.1 Å². The number of fused-ring (bicyclic) bond motifs is 9. The molecule has 15 rings (SSSR count). The van der Waals surface area contributed by atoms with Gasteiger partial charge in [-0.05, 0) is 125 Å². The van der Waals surface area contributed by atoms with Crippen molar-refractivity contribution in [3.05, 3.63) is 376 Å². The maximum absolute atomic E-state index is 2.59. The molecule has 0 aromatic heterocycles. The van der Waals surface area contributed by atoms with E-state index < -0.39 is 16.2 Å². The lowest BCUT2D eigenvalue weighted by Crippen LogP contribution is -2.29. The molecule has 0 atom stereocenters. The van der Waals surface area contributed by atoms with Gasteiger partial charge in [0.1, 0.15) is 0 Å². The van der Waals surface area contributed by atoms with Crippen molar-refractivity contribution in [1.82, 2.24) is 0 Å². The van der Waals surface area contributed by atoms with Crippen LogP contribution in [0.3, 0.4) is 0 Å². The molecule has 3 aliphatic carbocycles. The molecule has 1 nitrogen and oxygen atoms in total. The molecule has 0 heterocycles. The Kier molecular flexibility index (Phi) is 9.99. The smallest absolute Gasteiger partial charge is 0.0714 e. The molecule has 1 heteroatoms. The van der Waals surface area contributed by atoms with Gasteiger partial charge in [0.25, 0.3) is 0 Å². The van der Waals surface area contributed by atoms with Crippen LogP contribution < -0.4 is 4.90 Å². The van der Waals surface area contributed by atoms with Crippen molar-refractivity contribution in [2.75, 3.05) is 4.90 Å². The van der Waals surface area contributed by atoms with Crippen LogP contribution in [0.2, 0.25) is 0 Å². The standard InChI is InChI=1S/C75H51N/c1-7-26-52(27-8-1)73(53-28-9-2-10-29-53)67-43-24-21-40-64(67)72-68(73)44-25-45-71(72)76(58-46-48-62-60-38-19-22-41-65(60)74(69(62)50-58,54-30-11-3-12-31-54)55-32-13-4-14-33-55)59-47-49-63-61-39-20-23-42-66(61)75(70(63)51-59,56-34-15-5-16-35-56)57-36-17-6-18-37-57/h1-51H. The topological polar surface area (TPSA) is 3.24 Å². The van der Waals surface area contributed by atoms with Gasteiger partial charge in [-0.15, -0.1) is 0 Å². The Morgan fingerprint density at radius 1 is 0.197 bits per heavy atom. The van der Waals surface area contributed by atoms with E-state index >= 15 is 0 Å². The van der Waals surface area contributed by atoms with Crippen LogP contribution in [-0.4, -0.2) is 0 Å². The highest BCUT2D eigenvalue weighted by atomic mass is 15.1. The van der Waals surface area contributed by atoms with Gasteiger partial charge in [-0.1, -0.05) is 279 Å². The number of hydrogen-bond donors (Lipinski definition) is 0. The van der Waals surface area contributed by atoms with Gasteiger partial charge in [-0.3, -0.25) is 0 Å². The fraction of sp³-hybridized carbons (Fsp3) is 0.0400. The molecular formula is C75H51N. The Morgan fingerprint density at radius 3 is 0.842 bits per heavy atom. The third-order valence-corrected chi connectivity index (χ3v) is 17.1. The SMILES string of the molecule is c1ccc(C2(c3ccccc3)c3ccccc3-c3ccc(N(c4ccc5c(c4)C(c4ccccc4)(c4ccccc4)c4ccccc4-5)c4cccc5c4-c4ccccc4C5(c4ccccc4)c4ccccc4)cc32)cc1. The predicted molar refractivity (Wildman–Crippen MR) is 313 cm³/mol. The van der Waals surface area contributed by atoms with Crippen molar-refractivity contribution in [3.8, 4) is 33.4 Å². The molecule has 12 aromatic rings. The average Bonchev–Trinajstić information content (AvgIpc) is 4.18. The maximum atomic E-state index is 2.59. The molecule has 0 spiro atoms. The summed E-state index contributed by atoms with van der Waals surface area (Å²) in [5.74, 6) is 0. The monoisotopic (exact) mass is 965 g/mol. The molecular weight excluding hydrogens is 915 g/mol. The quantitative estimate of drug-likeness (QED) is 0.139. The van der Waals surface area contributed by atoms with E-state index in [0.717, 1.165) is 17.1 Å². The summed E-state index contributed by atoms with van der Waals surface area (Å²) in [6.45, 7) is 0. The van der Waals surface area contributed by atoms with Crippen LogP contribution >= 0.6 is 0 Å². The molecule has 76 heavy (non-hydrogen) atoms. The van der Waals surface area contributed by atoms with E-state index in [0.29, 0.717) is 0 Å². The molecule has 356 valence electrons. The second-order valence-electron chi connectivity index (χ2n) is 20.6. The van der Waals surface area contributed by atoms with Gasteiger partial charge in [-0.2, -0.15) is 0 Å². The van der Waals surface area contributed by atoms with Gasteiger partial charge < -0.3 is 4.90 Å². The van der Waals surface area contributed by atoms with Crippen LogP contribution in [0.15, 0.2) is 309 Å². The Balaban J connectivity index is 1.07. The zero-order chi connectivity index (χ0) is 50.3. The van der Waals surface area contributed by atoms with Gasteiger partial charge in [0, 0.05) is 16.9 Å². The normalized spacial score (nSPS) is 14.4. The van der Waals surface area contributed by atoms with E-state index in [-0.39, 0.29) is 0 Å². The van der Waals surface area contributed by atoms with Crippen molar-refractivity contribution < 1.29 is 0 Å². The first-order chi connectivity index (χ1) is 37.7. The summed E-state index contributed by atoms with van der Waals surface area (Å²) < 4.78 is 0. The van der Waals surface area contributed by atoms with Crippen LogP contribution in [0.1, 0.15) is 66.8 Å². The second-order valence-corrected chi connectivity index (χ2v) is 20.6. The molecule has 12 aromatic carbocycles. The molecule has 0 amide bonds. The van der Waals surface area contributed by atoms with Crippen molar-refractivity contribution in [2.45, 2.75) is 16.2 Å². The summed E-state index contributed by atoms with van der Waals surface area (Å²) in [5, 5.41) is 0. The molecule has 0 fully saturated rings. The van der Waals surface area contributed by atoms with E-state index in [1.54, 1.807) is 0 Å². The summed E-state index contributed by atoms with van der Waals surface area (Å²) in [6, 6.07) is 116. The molecule has 0 aliphatic heterocycles. The van der Waals surface area contributed by atoms with Gasteiger partial charge in [0.2, 0.25) is 0 Å². The van der Waals surface area contributed by atoms with Crippen molar-refractivity contribution >= 4 is 17.1 Å². The van der Waals surface area contributed by atoms with Crippen LogP contribution in [-0.2, 0) is 16.2 Å². The molecule has 0 saturated carbocycles. The number of benzene rings is 12. The molecule has 0 radical (unpaired) electrons. The third-order valence-electron chi connectivity index (χ3n) is 17.1. The van der Waals surface area contributed by atoms with Crippen LogP contribution in [0.25, 0.3) is 33.4 Å². The minimum atomic E-state index is -0.591. The first kappa shape index (κ1) is 44.0. The summed E-state index contributed by atoms with van der Waals surface area (Å²) in [5.41, 5.74) is 24.1. The van der Waals surface area contributed by atoms with Crippen molar-refractivity contribution in [3.63, 3.8) is 0 Å². The Hall–Kier alpha value is -9.56. The van der Waals surface area contributed by atoms with E-state index in [4.69, 9.17) is 0 Å². The van der Waals surface area contributed by atoms with Gasteiger partial charge in [0.05, 0.1) is 21.9 Å². The fourth-order valence-electron chi connectivity index (χ4n) is 14.2. The van der Waals surface area contributed by atoms with E-state index in [2.05, 4.69) is 314 Å². The summed E-state index contributed by atoms with van der Waals surface area (Å²) in [6.07, 6.45) is 0. The Morgan fingerprint density at radius 2 is 0.474 bits per heavy atom. The van der Waals surface area contributed by atoms with Crippen molar-refractivity contribution in [2.24, 2.45) is 0 Å². The Labute approximate surface area is 445 Å². The molecule has 0 N–H and O–H groups in total. The number of rotatable bonds is 9. The lowest BCUT2D eigenvalue weighted by molar-refractivity contribution is 0.767. The largest absolute Gasteiger partial charge is 0.310 e. The summed E-state index contributed by atoms with van der Waals surface area (Å²) >= 11 is 0. The first-order valence-corrected chi connectivity index (χ1v) is 26.6. The summed E-state index contributed by atoms with van der Waals surface area (Å²) in [4.78, 5) is 2.59. The minimum Gasteiger partial charge on any atom is -0.310 e. The lowest BCUT2D eigenvalue weighted by atomic mass is 9.67. The maximum Gasteiger partial charge on any atom is 0.0714 e. The fourth-order valence-corrected chi connectivity index (χ4v) is 14.2. The lowest BCUT2D eigenvalue weighted by Gasteiger charge is -2.36.